The molecule has 1 aromatic heterocycles. The van der Waals surface area contributed by atoms with Crippen molar-refractivity contribution in [2.75, 3.05) is 27.3 Å². The van der Waals surface area contributed by atoms with Gasteiger partial charge in [-0.1, -0.05) is 0 Å². The Morgan fingerprint density at radius 3 is 2.78 bits per heavy atom. The fourth-order valence-corrected chi connectivity index (χ4v) is 4.45. The number of aryl methyl sites for hydroxylation is 1. The van der Waals surface area contributed by atoms with E-state index in [4.69, 9.17) is 9.47 Å². The second-order valence-corrected chi connectivity index (χ2v) is 7.45. The number of nitrogens with zero attached hydrogens (tertiary/aromatic N) is 3. The molecule has 0 saturated carbocycles. The number of amides is 1. The third kappa shape index (κ3) is 3.17. The molecule has 2 heterocycles. The molecule has 27 heavy (non-hydrogen) atoms. The van der Waals surface area contributed by atoms with E-state index >= 15 is 0 Å². The van der Waals surface area contributed by atoms with Crippen LogP contribution < -0.4 is 9.47 Å². The lowest BCUT2D eigenvalue weighted by molar-refractivity contribution is 0.0783. The van der Waals surface area contributed by atoms with Crippen LogP contribution in [0.4, 0.5) is 0 Å². The zero-order valence-electron chi connectivity index (χ0n) is 16.3. The number of hydrogen-bond acceptors (Lipinski definition) is 4. The first kappa shape index (κ1) is 17.9. The number of benzene rings is 1. The zero-order chi connectivity index (χ0) is 19.0. The lowest BCUT2D eigenvalue weighted by atomic mass is 9.95. The summed E-state index contributed by atoms with van der Waals surface area (Å²) in [5, 5.41) is 4.58. The number of rotatable bonds is 4. The molecule has 0 radical (unpaired) electrons. The van der Waals surface area contributed by atoms with Crippen LogP contribution in [-0.4, -0.2) is 47.9 Å². The van der Waals surface area contributed by atoms with Crippen molar-refractivity contribution in [2.45, 2.75) is 38.0 Å². The molecule has 1 aliphatic carbocycles. The molecule has 6 heteroatoms. The molecule has 1 atom stereocenters. The predicted octanol–water partition coefficient (Wildman–Crippen LogP) is 2.95. The first-order valence-corrected chi connectivity index (χ1v) is 9.68. The zero-order valence-corrected chi connectivity index (χ0v) is 16.3. The van der Waals surface area contributed by atoms with Crippen LogP contribution in [0.1, 0.15) is 52.5 Å². The van der Waals surface area contributed by atoms with E-state index < -0.39 is 0 Å². The van der Waals surface area contributed by atoms with E-state index in [1.54, 1.807) is 14.2 Å². The average molecular weight is 369 g/mol. The Balaban J connectivity index is 1.56. The molecule has 1 saturated heterocycles. The molecule has 1 aromatic carbocycles. The Morgan fingerprint density at radius 1 is 1.19 bits per heavy atom. The highest BCUT2D eigenvalue weighted by atomic mass is 16.5. The third-order valence-electron chi connectivity index (χ3n) is 5.92. The summed E-state index contributed by atoms with van der Waals surface area (Å²) in [7, 11) is 5.30. The van der Waals surface area contributed by atoms with Gasteiger partial charge in [-0.05, 0) is 50.3 Å². The first-order valence-electron chi connectivity index (χ1n) is 9.68. The van der Waals surface area contributed by atoms with Crippen molar-refractivity contribution in [1.82, 2.24) is 14.7 Å². The lowest BCUT2D eigenvalue weighted by Gasteiger charge is -2.19. The van der Waals surface area contributed by atoms with Crippen LogP contribution in [0.25, 0.3) is 0 Å². The van der Waals surface area contributed by atoms with E-state index in [2.05, 4.69) is 5.10 Å². The number of aromatic nitrogens is 2. The molecular weight excluding hydrogens is 342 g/mol. The minimum atomic E-state index is 0.0677. The third-order valence-corrected chi connectivity index (χ3v) is 5.92. The highest BCUT2D eigenvalue weighted by molar-refractivity contribution is 5.94. The van der Waals surface area contributed by atoms with Gasteiger partial charge in [-0.2, -0.15) is 5.10 Å². The van der Waals surface area contributed by atoms with Gasteiger partial charge in [-0.15, -0.1) is 0 Å². The topological polar surface area (TPSA) is 56.6 Å². The van der Waals surface area contributed by atoms with Crippen molar-refractivity contribution in [3.63, 3.8) is 0 Å². The molecular formula is C21H27N3O3. The molecule has 1 amide bonds. The summed E-state index contributed by atoms with van der Waals surface area (Å²) in [6, 6.07) is 5.87. The van der Waals surface area contributed by atoms with Gasteiger partial charge in [0.05, 0.1) is 14.2 Å². The summed E-state index contributed by atoms with van der Waals surface area (Å²) < 4.78 is 12.8. The molecule has 144 valence electrons. The number of methoxy groups -OCH3 is 2. The fraction of sp³-hybridized carbons (Fsp3) is 0.524. The van der Waals surface area contributed by atoms with Crippen LogP contribution in [-0.2, 0) is 19.9 Å². The number of carbonyl (C=O) groups excluding carboxylic acids is 1. The van der Waals surface area contributed by atoms with E-state index in [1.807, 2.05) is 34.8 Å². The van der Waals surface area contributed by atoms with E-state index in [0.717, 1.165) is 54.9 Å². The van der Waals surface area contributed by atoms with Gasteiger partial charge in [0.15, 0.2) is 5.69 Å². The van der Waals surface area contributed by atoms with Crippen molar-refractivity contribution in [2.24, 2.45) is 7.05 Å². The Labute approximate surface area is 160 Å². The first-order chi connectivity index (χ1) is 13.1. The number of hydrogen-bond donors (Lipinski definition) is 0. The normalized spacial score (nSPS) is 19.1. The van der Waals surface area contributed by atoms with Crippen molar-refractivity contribution >= 4 is 5.91 Å². The van der Waals surface area contributed by atoms with Gasteiger partial charge in [0.25, 0.3) is 5.91 Å². The van der Waals surface area contributed by atoms with Crippen LogP contribution in [0.5, 0.6) is 11.5 Å². The van der Waals surface area contributed by atoms with Gasteiger partial charge >= 0.3 is 0 Å². The lowest BCUT2D eigenvalue weighted by Crippen LogP contribution is -2.30. The quantitative estimate of drug-likeness (QED) is 0.831. The maximum atomic E-state index is 13.2. The highest BCUT2D eigenvalue weighted by Gasteiger charge is 2.33. The molecule has 4 rings (SSSR count). The second kappa shape index (κ2) is 7.25. The highest BCUT2D eigenvalue weighted by Crippen LogP contribution is 2.36. The van der Waals surface area contributed by atoms with Crippen molar-refractivity contribution in [3.8, 4) is 11.5 Å². The van der Waals surface area contributed by atoms with Crippen LogP contribution in [0.15, 0.2) is 18.2 Å². The van der Waals surface area contributed by atoms with Gasteiger partial charge in [0.1, 0.15) is 11.5 Å². The summed E-state index contributed by atoms with van der Waals surface area (Å²) in [6.45, 7) is 1.43. The Bertz CT molecular complexity index is 859. The predicted molar refractivity (Wildman–Crippen MR) is 103 cm³/mol. The van der Waals surface area contributed by atoms with Gasteiger partial charge in [0.2, 0.25) is 0 Å². The molecule has 6 nitrogen and oxygen atoms in total. The molecule has 0 spiro atoms. The van der Waals surface area contributed by atoms with Gasteiger partial charge in [0, 0.05) is 42.9 Å². The van der Waals surface area contributed by atoms with Crippen LogP contribution in [0.3, 0.4) is 0 Å². The average Bonchev–Trinajstić information content (AvgIpc) is 3.32. The number of ether oxygens (including phenoxy) is 2. The summed E-state index contributed by atoms with van der Waals surface area (Å²) >= 11 is 0. The van der Waals surface area contributed by atoms with Gasteiger partial charge in [-0.3, -0.25) is 9.48 Å². The van der Waals surface area contributed by atoms with Gasteiger partial charge < -0.3 is 14.4 Å². The summed E-state index contributed by atoms with van der Waals surface area (Å²) in [6.07, 6.45) is 5.23. The van der Waals surface area contributed by atoms with Crippen LogP contribution in [0.2, 0.25) is 0 Å². The number of fused-ring (bicyclic) bond motifs is 1. The fourth-order valence-electron chi connectivity index (χ4n) is 4.45. The summed E-state index contributed by atoms with van der Waals surface area (Å²) in [4.78, 5) is 15.1. The van der Waals surface area contributed by atoms with Crippen molar-refractivity contribution < 1.29 is 14.3 Å². The van der Waals surface area contributed by atoms with E-state index in [-0.39, 0.29) is 11.8 Å². The van der Waals surface area contributed by atoms with E-state index in [9.17, 15) is 4.79 Å². The Morgan fingerprint density at radius 2 is 2.00 bits per heavy atom. The molecule has 1 aliphatic heterocycles. The molecule has 0 unspecified atom stereocenters. The molecule has 0 bridgehead atoms. The maximum absolute atomic E-state index is 13.2. The minimum Gasteiger partial charge on any atom is -0.497 e. The largest absolute Gasteiger partial charge is 0.497 e. The molecule has 1 fully saturated rings. The maximum Gasteiger partial charge on any atom is 0.274 e. The van der Waals surface area contributed by atoms with E-state index in [1.165, 1.54) is 12.1 Å². The van der Waals surface area contributed by atoms with Crippen LogP contribution in [0, 0.1) is 0 Å². The van der Waals surface area contributed by atoms with Gasteiger partial charge in [-0.25, -0.2) is 0 Å². The molecule has 2 aliphatic rings. The Kier molecular flexibility index (Phi) is 4.81. The minimum absolute atomic E-state index is 0.0677. The number of likely N-dealkylation sites (tertiary alicyclic amines) is 1. The standard InChI is InChI=1S/C21H27N3O3/c1-23-18-7-5-4-6-16(18)20(22-23)21(25)24-11-10-14(13-24)17-12-15(26-2)8-9-19(17)27-3/h8-9,12,14H,4-7,10-11,13H2,1-3H3/t14-/m1/s1. The summed E-state index contributed by atoms with van der Waals surface area (Å²) in [5.41, 5.74) is 4.16. The SMILES string of the molecule is COc1ccc(OC)c([C@@H]2CCN(C(=O)c3nn(C)c4c3CCCC4)C2)c1. The van der Waals surface area contributed by atoms with Crippen LogP contribution >= 0.6 is 0 Å². The molecule has 0 N–H and O–H groups in total. The monoisotopic (exact) mass is 369 g/mol. The summed E-state index contributed by atoms with van der Waals surface area (Å²) in [5.74, 6) is 1.98. The number of carbonyl (C=O) groups is 1. The van der Waals surface area contributed by atoms with E-state index in [0.29, 0.717) is 12.2 Å². The van der Waals surface area contributed by atoms with Crippen molar-refractivity contribution in [1.29, 1.82) is 0 Å². The van der Waals surface area contributed by atoms with Crippen molar-refractivity contribution in [3.05, 3.63) is 40.7 Å². The Hall–Kier alpha value is -2.50. The smallest absolute Gasteiger partial charge is 0.274 e. The second-order valence-electron chi connectivity index (χ2n) is 7.45. The molecule has 2 aromatic rings.